The largest absolute Gasteiger partial charge is 0.337 e. The molecule has 1 aromatic carbocycles. The van der Waals surface area contributed by atoms with E-state index in [1.165, 1.54) is 0 Å². The minimum atomic E-state index is -1.20. The smallest absolute Gasteiger partial charge is 0.249 e. The number of piperazine rings is 1. The van der Waals surface area contributed by atoms with Gasteiger partial charge in [-0.25, -0.2) is 0 Å². The molecular formula is C33H55N5O3. The van der Waals surface area contributed by atoms with Gasteiger partial charge < -0.3 is 25.3 Å². The van der Waals surface area contributed by atoms with Gasteiger partial charge in [-0.2, -0.15) is 0 Å². The Morgan fingerprint density at radius 3 is 2.00 bits per heavy atom. The van der Waals surface area contributed by atoms with Gasteiger partial charge in [0, 0.05) is 45.8 Å². The minimum Gasteiger partial charge on any atom is -0.337 e. The number of likely N-dealkylation sites (N-methyl/N-ethyl adjacent to an activating group) is 3. The van der Waals surface area contributed by atoms with E-state index in [0.717, 1.165) is 18.7 Å². The number of nitrogens with two attached hydrogens (primary N) is 1. The second-order valence-electron chi connectivity index (χ2n) is 13.2. The molecule has 1 saturated heterocycles. The van der Waals surface area contributed by atoms with Crippen LogP contribution in [0.15, 0.2) is 42.0 Å². The highest BCUT2D eigenvalue weighted by Gasteiger charge is 2.55. The minimum absolute atomic E-state index is 0.00838. The van der Waals surface area contributed by atoms with E-state index < -0.39 is 17.0 Å². The lowest BCUT2D eigenvalue weighted by molar-refractivity contribution is -0.163. The van der Waals surface area contributed by atoms with E-state index in [2.05, 4.69) is 25.8 Å². The quantitative estimate of drug-likeness (QED) is 0.411. The maximum atomic E-state index is 14.6. The van der Waals surface area contributed by atoms with E-state index in [4.69, 9.17) is 5.73 Å². The standard InChI is InChI=1S/C33H55N5O3/c1-23(2)28(21-25(5)29(39)38-19-17-35(9)18-20-38)36(10)31(41)33(8,32(6,7)24(3)4)37(11)30(40)27(34)22-26-15-13-12-14-16-26/h12-16,21,23-24,27-28H,17-20,22,34H2,1-11H3/t27-,28+,33+/m0/s1. The molecule has 0 bridgehead atoms. The van der Waals surface area contributed by atoms with Crippen molar-refractivity contribution < 1.29 is 14.4 Å². The lowest BCUT2D eigenvalue weighted by Crippen LogP contribution is -2.69. The summed E-state index contributed by atoms with van der Waals surface area (Å²) in [4.78, 5) is 49.2. The van der Waals surface area contributed by atoms with Crippen LogP contribution in [0.2, 0.25) is 0 Å². The zero-order chi connectivity index (χ0) is 31.3. The third kappa shape index (κ3) is 7.58. The SMILES string of the molecule is CC(=C[C@H](C(C)C)N(C)C(=O)[C@@](C)(N(C)C(=O)[C@@H](N)Cc1ccccc1)C(C)(C)C(C)C)C(=O)N1CCN(C)CC1. The molecule has 2 rings (SSSR count). The summed E-state index contributed by atoms with van der Waals surface area (Å²) >= 11 is 0. The van der Waals surface area contributed by atoms with Gasteiger partial charge in [-0.15, -0.1) is 0 Å². The van der Waals surface area contributed by atoms with Gasteiger partial charge >= 0.3 is 0 Å². The summed E-state index contributed by atoms with van der Waals surface area (Å²) in [5.74, 6) is -0.307. The summed E-state index contributed by atoms with van der Waals surface area (Å²) in [7, 11) is 5.55. The molecular weight excluding hydrogens is 514 g/mol. The lowest BCUT2D eigenvalue weighted by atomic mass is 9.64. The molecule has 1 aliphatic heterocycles. The summed E-state index contributed by atoms with van der Waals surface area (Å²) in [6.07, 6.45) is 2.31. The molecule has 3 amide bonds. The Hall–Kier alpha value is -2.71. The van der Waals surface area contributed by atoms with Crippen LogP contribution in [-0.4, -0.2) is 102 Å². The molecule has 0 unspecified atom stereocenters. The van der Waals surface area contributed by atoms with Gasteiger partial charge in [-0.3, -0.25) is 14.4 Å². The second-order valence-corrected chi connectivity index (χ2v) is 13.2. The van der Waals surface area contributed by atoms with Crippen molar-refractivity contribution in [2.24, 2.45) is 23.0 Å². The maximum Gasteiger partial charge on any atom is 0.249 e. The average Bonchev–Trinajstić information content (AvgIpc) is 2.93. The first-order chi connectivity index (χ1) is 19.0. The normalized spacial score (nSPS) is 18.2. The van der Waals surface area contributed by atoms with Crippen LogP contribution in [0.1, 0.15) is 61.0 Å². The van der Waals surface area contributed by atoms with Crippen molar-refractivity contribution in [2.75, 3.05) is 47.3 Å². The van der Waals surface area contributed by atoms with Crippen LogP contribution in [0.3, 0.4) is 0 Å². The molecule has 2 N–H and O–H groups in total. The van der Waals surface area contributed by atoms with E-state index in [9.17, 15) is 14.4 Å². The van der Waals surface area contributed by atoms with Crippen molar-refractivity contribution in [1.29, 1.82) is 0 Å². The first kappa shape index (κ1) is 34.5. The molecule has 0 aromatic heterocycles. The molecule has 41 heavy (non-hydrogen) atoms. The number of carbonyl (C=O) groups is 3. The van der Waals surface area contributed by atoms with Crippen LogP contribution in [0, 0.1) is 17.3 Å². The van der Waals surface area contributed by atoms with Crippen LogP contribution < -0.4 is 5.73 Å². The van der Waals surface area contributed by atoms with Gasteiger partial charge in [0.05, 0.1) is 12.1 Å². The van der Waals surface area contributed by atoms with Crippen LogP contribution >= 0.6 is 0 Å². The zero-order valence-electron chi connectivity index (χ0n) is 27.4. The molecule has 0 spiro atoms. The molecule has 230 valence electrons. The molecule has 3 atom stereocenters. The number of rotatable bonds is 11. The lowest BCUT2D eigenvalue weighted by Gasteiger charge is -2.53. The molecule has 8 heteroatoms. The van der Waals surface area contributed by atoms with Crippen LogP contribution in [0.5, 0.6) is 0 Å². The van der Waals surface area contributed by atoms with Crippen molar-refractivity contribution in [3.05, 3.63) is 47.5 Å². The number of nitrogens with zero attached hydrogens (tertiary/aromatic N) is 4. The van der Waals surface area contributed by atoms with E-state index in [-0.39, 0.29) is 35.6 Å². The number of hydrogen-bond donors (Lipinski definition) is 1. The highest BCUT2D eigenvalue weighted by Crippen LogP contribution is 2.43. The summed E-state index contributed by atoms with van der Waals surface area (Å²) in [6, 6.07) is 8.58. The molecule has 1 aliphatic rings. The fourth-order valence-corrected chi connectivity index (χ4v) is 5.65. The maximum absolute atomic E-state index is 14.6. The van der Waals surface area contributed by atoms with E-state index >= 15 is 0 Å². The van der Waals surface area contributed by atoms with Crippen molar-refractivity contribution in [3.8, 4) is 0 Å². The second kappa shape index (κ2) is 14.0. The molecule has 8 nitrogen and oxygen atoms in total. The Labute approximate surface area is 248 Å². The fraction of sp³-hybridized carbons (Fsp3) is 0.667. The number of carbonyl (C=O) groups excluding carboxylic acids is 3. The third-order valence-electron chi connectivity index (χ3n) is 9.73. The Morgan fingerprint density at radius 1 is 0.976 bits per heavy atom. The summed E-state index contributed by atoms with van der Waals surface area (Å²) < 4.78 is 0. The molecule has 0 radical (unpaired) electrons. The van der Waals surface area contributed by atoms with Crippen molar-refractivity contribution >= 4 is 17.7 Å². The Kier molecular flexibility index (Phi) is 11.8. The fourth-order valence-electron chi connectivity index (χ4n) is 5.65. The highest BCUT2D eigenvalue weighted by atomic mass is 16.2. The van der Waals surface area contributed by atoms with Crippen LogP contribution in [0.4, 0.5) is 0 Å². The van der Waals surface area contributed by atoms with Crippen molar-refractivity contribution in [3.63, 3.8) is 0 Å². The van der Waals surface area contributed by atoms with Gasteiger partial charge in [0.25, 0.3) is 0 Å². The van der Waals surface area contributed by atoms with Crippen molar-refractivity contribution in [2.45, 2.75) is 79.4 Å². The van der Waals surface area contributed by atoms with E-state index in [1.807, 2.05) is 82.9 Å². The third-order valence-corrected chi connectivity index (χ3v) is 9.73. The zero-order valence-corrected chi connectivity index (χ0v) is 27.4. The van der Waals surface area contributed by atoms with Gasteiger partial charge in [0.2, 0.25) is 17.7 Å². The van der Waals surface area contributed by atoms with Crippen LogP contribution in [0.25, 0.3) is 0 Å². The predicted octanol–water partition coefficient (Wildman–Crippen LogP) is 3.66. The first-order valence-corrected chi connectivity index (χ1v) is 15.0. The van der Waals surface area contributed by atoms with Gasteiger partial charge in [0.1, 0.15) is 5.54 Å². The Bertz CT molecular complexity index is 1080. The van der Waals surface area contributed by atoms with Gasteiger partial charge in [-0.1, -0.05) is 78.0 Å². The molecule has 0 aliphatic carbocycles. The molecule has 0 saturated carbocycles. The summed E-state index contributed by atoms with van der Waals surface area (Å²) in [5, 5.41) is 0. The molecule has 1 aromatic rings. The number of hydrogen-bond acceptors (Lipinski definition) is 5. The number of amides is 3. The van der Waals surface area contributed by atoms with E-state index in [1.54, 1.807) is 23.9 Å². The van der Waals surface area contributed by atoms with Crippen LogP contribution in [-0.2, 0) is 20.8 Å². The predicted molar refractivity (Wildman–Crippen MR) is 167 cm³/mol. The Morgan fingerprint density at radius 2 is 1.51 bits per heavy atom. The highest BCUT2D eigenvalue weighted by molar-refractivity contribution is 5.95. The summed E-state index contributed by atoms with van der Waals surface area (Å²) in [5.41, 5.74) is 6.27. The average molecular weight is 570 g/mol. The Balaban J connectivity index is 2.43. The summed E-state index contributed by atoms with van der Waals surface area (Å²) in [6.45, 7) is 19.1. The van der Waals surface area contributed by atoms with Crippen molar-refractivity contribution in [1.82, 2.24) is 19.6 Å². The van der Waals surface area contributed by atoms with Gasteiger partial charge in [-0.05, 0) is 50.1 Å². The molecule has 1 heterocycles. The monoisotopic (exact) mass is 569 g/mol. The topological polar surface area (TPSA) is 90.2 Å². The van der Waals surface area contributed by atoms with Gasteiger partial charge in [0.15, 0.2) is 0 Å². The molecule has 1 fully saturated rings. The van der Waals surface area contributed by atoms with E-state index in [0.29, 0.717) is 25.1 Å². The first-order valence-electron chi connectivity index (χ1n) is 15.0. The number of benzene rings is 1.